The third-order valence-electron chi connectivity index (χ3n) is 3.25. The molecule has 0 spiro atoms. The van der Waals surface area contributed by atoms with Crippen molar-refractivity contribution < 1.29 is 4.79 Å². The highest BCUT2D eigenvalue weighted by molar-refractivity contribution is 5.80. The largest absolute Gasteiger partial charge is 0.344 e. The Hall–Kier alpha value is -2.04. The second-order valence-corrected chi connectivity index (χ2v) is 4.70. The van der Waals surface area contributed by atoms with Crippen molar-refractivity contribution in [2.24, 2.45) is 0 Å². The summed E-state index contributed by atoms with van der Waals surface area (Å²) < 4.78 is 1.49. The second kappa shape index (κ2) is 5.73. The van der Waals surface area contributed by atoms with Gasteiger partial charge in [-0.1, -0.05) is 25.5 Å². The summed E-state index contributed by atoms with van der Waals surface area (Å²) in [6, 6.07) is 7.39. The van der Waals surface area contributed by atoms with Crippen molar-refractivity contribution in [3.63, 3.8) is 0 Å². The number of benzene rings is 1. The van der Waals surface area contributed by atoms with Crippen LogP contribution in [0.4, 0.5) is 0 Å². The predicted octanol–water partition coefficient (Wildman–Crippen LogP) is 1.59. The van der Waals surface area contributed by atoms with Crippen LogP contribution in [0.5, 0.6) is 0 Å². The quantitative estimate of drug-likeness (QED) is 0.888. The average molecular weight is 261 g/mol. The third kappa shape index (κ3) is 2.86. The van der Waals surface area contributed by atoms with Gasteiger partial charge < -0.3 is 9.88 Å². The lowest BCUT2D eigenvalue weighted by Gasteiger charge is -2.16. The van der Waals surface area contributed by atoms with Gasteiger partial charge in [-0.3, -0.25) is 9.36 Å². The van der Waals surface area contributed by atoms with Crippen LogP contribution in [-0.2, 0) is 11.3 Å². The molecule has 0 atom stereocenters. The number of likely N-dealkylation sites (N-methyl/N-ethyl adjacent to an activating group) is 1. The lowest BCUT2D eigenvalue weighted by molar-refractivity contribution is -0.130. The minimum atomic E-state index is -0.238. The number of aromatic amines is 1. The van der Waals surface area contributed by atoms with Crippen LogP contribution in [0.25, 0.3) is 11.0 Å². The van der Waals surface area contributed by atoms with E-state index in [0.29, 0.717) is 0 Å². The van der Waals surface area contributed by atoms with Crippen molar-refractivity contribution in [3.05, 3.63) is 34.7 Å². The molecule has 0 radical (unpaired) electrons. The van der Waals surface area contributed by atoms with E-state index >= 15 is 0 Å². The van der Waals surface area contributed by atoms with Crippen LogP contribution in [-0.4, -0.2) is 34.0 Å². The molecule has 0 aliphatic heterocycles. The molecule has 1 N–H and O–H groups in total. The number of hydrogen-bond acceptors (Lipinski definition) is 2. The topological polar surface area (TPSA) is 58.1 Å². The molecule has 2 aromatic rings. The number of nitrogens with zero attached hydrogens (tertiary/aromatic N) is 2. The molecule has 1 aromatic heterocycles. The fraction of sp³-hybridized carbons (Fsp3) is 0.429. The summed E-state index contributed by atoms with van der Waals surface area (Å²) in [6.07, 6.45) is 2.02. The average Bonchev–Trinajstić information content (AvgIpc) is 2.72. The SMILES string of the molecule is CCCCN(C)C(=O)Cn1c(=O)[nH]c2ccccc21. The highest BCUT2D eigenvalue weighted by atomic mass is 16.2. The molecule has 5 heteroatoms. The molecular formula is C14H19N3O2. The van der Waals surface area contributed by atoms with E-state index in [-0.39, 0.29) is 18.1 Å². The molecule has 0 fully saturated rings. The van der Waals surface area contributed by atoms with Crippen molar-refractivity contribution >= 4 is 16.9 Å². The third-order valence-corrected chi connectivity index (χ3v) is 3.25. The maximum atomic E-state index is 12.1. The molecule has 1 heterocycles. The fourth-order valence-corrected chi connectivity index (χ4v) is 2.04. The van der Waals surface area contributed by atoms with E-state index in [1.165, 1.54) is 4.57 Å². The van der Waals surface area contributed by atoms with E-state index in [2.05, 4.69) is 11.9 Å². The number of amides is 1. The molecule has 102 valence electrons. The standard InChI is InChI=1S/C14H19N3O2/c1-3-4-9-16(2)13(18)10-17-12-8-6-5-7-11(12)15-14(17)19/h5-8H,3-4,9-10H2,1-2H3,(H,15,19). The van der Waals surface area contributed by atoms with E-state index in [1.807, 2.05) is 24.3 Å². The molecule has 0 bridgehead atoms. The Morgan fingerprint density at radius 2 is 2.11 bits per heavy atom. The number of unbranched alkanes of at least 4 members (excludes halogenated alkanes) is 1. The monoisotopic (exact) mass is 261 g/mol. The zero-order valence-electron chi connectivity index (χ0n) is 11.3. The van der Waals surface area contributed by atoms with E-state index in [0.717, 1.165) is 30.4 Å². The van der Waals surface area contributed by atoms with Crippen LogP contribution in [0.3, 0.4) is 0 Å². The van der Waals surface area contributed by atoms with Gasteiger partial charge in [0.2, 0.25) is 5.91 Å². The van der Waals surface area contributed by atoms with Crippen LogP contribution < -0.4 is 5.69 Å². The Balaban J connectivity index is 2.19. The first kappa shape index (κ1) is 13.4. The van der Waals surface area contributed by atoms with Gasteiger partial charge in [0.05, 0.1) is 11.0 Å². The number of para-hydroxylation sites is 2. The van der Waals surface area contributed by atoms with E-state index < -0.39 is 0 Å². The zero-order chi connectivity index (χ0) is 13.8. The van der Waals surface area contributed by atoms with Gasteiger partial charge >= 0.3 is 5.69 Å². The van der Waals surface area contributed by atoms with Crippen molar-refractivity contribution in [3.8, 4) is 0 Å². The van der Waals surface area contributed by atoms with Gasteiger partial charge in [0.15, 0.2) is 0 Å². The normalized spacial score (nSPS) is 10.8. The van der Waals surface area contributed by atoms with Gasteiger partial charge in [0.1, 0.15) is 6.54 Å². The minimum absolute atomic E-state index is 0.0414. The summed E-state index contributed by atoms with van der Waals surface area (Å²) in [6.45, 7) is 2.90. The number of carbonyl (C=O) groups is 1. The first-order valence-electron chi connectivity index (χ1n) is 6.55. The lowest BCUT2D eigenvalue weighted by Crippen LogP contribution is -2.33. The molecule has 0 aliphatic rings. The van der Waals surface area contributed by atoms with Crippen molar-refractivity contribution in [1.82, 2.24) is 14.5 Å². The molecule has 5 nitrogen and oxygen atoms in total. The van der Waals surface area contributed by atoms with E-state index in [4.69, 9.17) is 0 Å². The summed E-state index contributed by atoms with van der Waals surface area (Å²) in [7, 11) is 1.78. The summed E-state index contributed by atoms with van der Waals surface area (Å²) in [5.74, 6) is -0.0414. The van der Waals surface area contributed by atoms with Gasteiger partial charge in [-0.05, 0) is 18.6 Å². The lowest BCUT2D eigenvalue weighted by atomic mass is 10.3. The van der Waals surface area contributed by atoms with Crippen LogP contribution in [0.15, 0.2) is 29.1 Å². The van der Waals surface area contributed by atoms with Crippen molar-refractivity contribution in [1.29, 1.82) is 0 Å². The first-order valence-corrected chi connectivity index (χ1v) is 6.55. The molecular weight excluding hydrogens is 242 g/mol. The number of imidazole rings is 1. The van der Waals surface area contributed by atoms with E-state index in [9.17, 15) is 9.59 Å². The molecule has 19 heavy (non-hydrogen) atoms. The number of hydrogen-bond donors (Lipinski definition) is 1. The predicted molar refractivity (Wildman–Crippen MR) is 75.1 cm³/mol. The number of aromatic nitrogens is 2. The Kier molecular flexibility index (Phi) is 4.04. The number of rotatable bonds is 5. The number of nitrogens with one attached hydrogen (secondary N) is 1. The molecule has 0 unspecified atom stereocenters. The van der Waals surface area contributed by atoms with Crippen LogP contribution in [0.1, 0.15) is 19.8 Å². The van der Waals surface area contributed by atoms with Crippen LogP contribution in [0, 0.1) is 0 Å². The van der Waals surface area contributed by atoms with Crippen LogP contribution in [0.2, 0.25) is 0 Å². The Bertz CT molecular complexity index is 627. The summed E-state index contributed by atoms with van der Waals surface area (Å²) in [5, 5.41) is 0. The maximum absolute atomic E-state index is 12.1. The minimum Gasteiger partial charge on any atom is -0.344 e. The van der Waals surface area contributed by atoms with Gasteiger partial charge in [-0.15, -0.1) is 0 Å². The van der Waals surface area contributed by atoms with Crippen molar-refractivity contribution in [2.45, 2.75) is 26.3 Å². The Morgan fingerprint density at radius 1 is 1.37 bits per heavy atom. The second-order valence-electron chi connectivity index (χ2n) is 4.70. The van der Waals surface area contributed by atoms with Gasteiger partial charge in [0.25, 0.3) is 0 Å². The molecule has 1 amide bonds. The maximum Gasteiger partial charge on any atom is 0.326 e. The molecule has 0 saturated carbocycles. The number of H-pyrrole nitrogens is 1. The molecule has 2 rings (SSSR count). The van der Waals surface area contributed by atoms with Crippen LogP contribution >= 0.6 is 0 Å². The number of carbonyl (C=O) groups excluding carboxylic acids is 1. The number of fused-ring (bicyclic) bond motifs is 1. The zero-order valence-corrected chi connectivity index (χ0v) is 11.3. The van der Waals surface area contributed by atoms with E-state index in [1.54, 1.807) is 11.9 Å². The Labute approximate surface area is 111 Å². The molecule has 1 aromatic carbocycles. The van der Waals surface area contributed by atoms with Crippen molar-refractivity contribution in [2.75, 3.05) is 13.6 Å². The molecule has 0 saturated heterocycles. The smallest absolute Gasteiger partial charge is 0.326 e. The summed E-state index contributed by atoms with van der Waals surface area (Å²) in [5.41, 5.74) is 1.29. The van der Waals surface area contributed by atoms with Gasteiger partial charge in [0, 0.05) is 13.6 Å². The summed E-state index contributed by atoms with van der Waals surface area (Å²) in [4.78, 5) is 28.3. The summed E-state index contributed by atoms with van der Waals surface area (Å²) >= 11 is 0. The highest BCUT2D eigenvalue weighted by Crippen LogP contribution is 2.09. The highest BCUT2D eigenvalue weighted by Gasteiger charge is 2.13. The van der Waals surface area contributed by atoms with Gasteiger partial charge in [-0.25, -0.2) is 4.79 Å². The van der Waals surface area contributed by atoms with Gasteiger partial charge in [-0.2, -0.15) is 0 Å². The first-order chi connectivity index (χ1) is 9.13. The fourth-order valence-electron chi connectivity index (χ4n) is 2.04. The molecule has 0 aliphatic carbocycles. The Morgan fingerprint density at radius 3 is 2.84 bits per heavy atom.